The molecule has 0 radical (unpaired) electrons. The van der Waals surface area contributed by atoms with Gasteiger partial charge < -0.3 is 5.32 Å². The van der Waals surface area contributed by atoms with E-state index in [9.17, 15) is 4.79 Å². The molecule has 0 aliphatic carbocycles. The molecular weight excluding hydrogens is 526 g/mol. The van der Waals surface area contributed by atoms with Gasteiger partial charge in [0.05, 0.1) is 13.1 Å². The van der Waals surface area contributed by atoms with E-state index in [1.165, 1.54) is 146 Å². The number of unbranched alkanes of at least 4 members (excludes halogenated alkanes) is 20. The van der Waals surface area contributed by atoms with Crippen molar-refractivity contribution in [2.75, 3.05) is 26.2 Å². The number of amidine groups is 1. The number of nitrogens with zero attached hydrogens (tertiary/aromatic N) is 2. The summed E-state index contributed by atoms with van der Waals surface area (Å²) < 4.78 is 0.931. The van der Waals surface area contributed by atoms with E-state index >= 15 is 0 Å². The second-order valence-corrected chi connectivity index (χ2v) is 13.5. The van der Waals surface area contributed by atoms with Crippen molar-refractivity contribution in [3.05, 3.63) is 35.9 Å². The second kappa shape index (κ2) is 25.6. The number of hydrogen-bond donors (Lipinski definition) is 1. The Morgan fingerprint density at radius 3 is 1.70 bits per heavy atom. The van der Waals surface area contributed by atoms with Crippen molar-refractivity contribution in [2.24, 2.45) is 4.99 Å². The molecule has 0 unspecified atom stereocenters. The number of benzene rings is 1. The normalized spacial score (nSPS) is 16.5. The van der Waals surface area contributed by atoms with Crippen molar-refractivity contribution in [3.63, 3.8) is 0 Å². The van der Waals surface area contributed by atoms with E-state index < -0.39 is 0 Å². The van der Waals surface area contributed by atoms with Gasteiger partial charge >= 0.3 is 0 Å². The van der Waals surface area contributed by atoms with Crippen LogP contribution in [-0.2, 0) is 11.3 Å². The molecular formula is C39H70N3O+. The number of carbonyl (C=O) groups is 1. The zero-order valence-electron chi connectivity index (χ0n) is 28.7. The number of quaternary nitrogens is 1. The molecule has 1 aliphatic heterocycles. The third-order valence-electron chi connectivity index (χ3n) is 9.57. The lowest BCUT2D eigenvalue weighted by atomic mass is 10.0. The lowest BCUT2D eigenvalue weighted by Crippen LogP contribution is -2.53. The zero-order valence-corrected chi connectivity index (χ0v) is 28.7. The molecule has 1 aromatic rings. The maximum absolute atomic E-state index is 12.7. The summed E-state index contributed by atoms with van der Waals surface area (Å²) in [7, 11) is 0. The summed E-state index contributed by atoms with van der Waals surface area (Å²) >= 11 is 0. The molecule has 0 saturated carbocycles. The molecule has 1 N–H and O–H groups in total. The topological polar surface area (TPSA) is 41.5 Å². The van der Waals surface area contributed by atoms with E-state index in [1.54, 1.807) is 0 Å². The highest BCUT2D eigenvalue weighted by Gasteiger charge is 2.37. The molecule has 1 atom stereocenters. The van der Waals surface area contributed by atoms with Crippen LogP contribution in [-0.4, -0.2) is 42.4 Å². The van der Waals surface area contributed by atoms with Crippen LogP contribution in [0.2, 0.25) is 0 Å². The summed E-state index contributed by atoms with van der Waals surface area (Å²) in [5.41, 5.74) is 1.38. The maximum Gasteiger partial charge on any atom is 0.220 e. The molecule has 1 aliphatic rings. The smallest absolute Gasteiger partial charge is 0.220 e. The highest BCUT2D eigenvalue weighted by Crippen LogP contribution is 2.24. The lowest BCUT2D eigenvalue weighted by Gasteiger charge is -2.35. The molecule has 4 nitrogen and oxygen atoms in total. The quantitative estimate of drug-likeness (QED) is 0.0725. The Labute approximate surface area is 267 Å². The highest BCUT2D eigenvalue weighted by molar-refractivity contribution is 5.77. The Kier molecular flexibility index (Phi) is 22.4. The van der Waals surface area contributed by atoms with Crippen molar-refractivity contribution in [3.8, 4) is 0 Å². The number of amides is 1. The average molecular weight is 597 g/mol. The maximum atomic E-state index is 12.7. The average Bonchev–Trinajstić information content (AvgIpc) is 3.40. The summed E-state index contributed by atoms with van der Waals surface area (Å²) in [6, 6.07) is 10.9. The first-order valence-corrected chi connectivity index (χ1v) is 18.9. The van der Waals surface area contributed by atoms with Crippen LogP contribution in [0.25, 0.3) is 0 Å². The molecule has 1 aromatic carbocycles. The third kappa shape index (κ3) is 18.0. The first-order valence-electron chi connectivity index (χ1n) is 18.9. The van der Waals surface area contributed by atoms with Crippen molar-refractivity contribution in [1.29, 1.82) is 0 Å². The van der Waals surface area contributed by atoms with E-state index in [4.69, 9.17) is 4.99 Å². The van der Waals surface area contributed by atoms with Gasteiger partial charge in [-0.1, -0.05) is 173 Å². The lowest BCUT2D eigenvalue weighted by molar-refractivity contribution is -0.849. The summed E-state index contributed by atoms with van der Waals surface area (Å²) in [6.07, 6.45) is 31.4. The van der Waals surface area contributed by atoms with E-state index in [1.807, 2.05) is 0 Å². The molecule has 0 fully saturated rings. The fraction of sp³-hybridized carbons (Fsp3) is 0.795. The van der Waals surface area contributed by atoms with Gasteiger partial charge in [-0.2, -0.15) is 0 Å². The largest absolute Gasteiger partial charge is 0.350 e. The van der Waals surface area contributed by atoms with Crippen LogP contribution in [0.1, 0.15) is 174 Å². The molecule has 2 rings (SSSR count). The van der Waals surface area contributed by atoms with Crippen molar-refractivity contribution in [2.45, 2.75) is 174 Å². The molecule has 1 amide bonds. The van der Waals surface area contributed by atoms with Gasteiger partial charge in [0.15, 0.2) is 5.84 Å². The minimum absolute atomic E-state index is 0.233. The van der Waals surface area contributed by atoms with Gasteiger partial charge in [0.2, 0.25) is 5.91 Å². The predicted octanol–water partition coefficient (Wildman–Crippen LogP) is 10.9. The predicted molar refractivity (Wildman–Crippen MR) is 188 cm³/mol. The molecule has 0 bridgehead atoms. The fourth-order valence-electron chi connectivity index (χ4n) is 6.78. The first-order chi connectivity index (χ1) is 21.2. The Hall–Kier alpha value is -1.68. The summed E-state index contributed by atoms with van der Waals surface area (Å²) in [5, 5.41) is 3.28. The molecule has 0 aromatic heterocycles. The summed E-state index contributed by atoms with van der Waals surface area (Å²) in [4.78, 5) is 17.7. The van der Waals surface area contributed by atoms with E-state index in [0.29, 0.717) is 6.42 Å². The fourth-order valence-corrected chi connectivity index (χ4v) is 6.78. The zero-order chi connectivity index (χ0) is 30.7. The van der Waals surface area contributed by atoms with Crippen LogP contribution in [0.5, 0.6) is 0 Å². The summed E-state index contributed by atoms with van der Waals surface area (Å²) in [5.74, 6) is 1.61. The van der Waals surface area contributed by atoms with E-state index in [2.05, 4.69) is 49.5 Å². The standard InChI is InChI=1S/C39H69N3O/c1-3-5-7-9-11-13-15-17-19-21-26-30-38-40-32-34-42(38,36-37-28-24-23-25-29-37)35-33-41-39(43)31-27-22-20-18-16-14-12-10-8-6-4-2/h23-25,28-29H,3-22,26-27,30-36H2,1-2H3/p+1/t42-/m1/s1. The van der Waals surface area contributed by atoms with Crippen molar-refractivity contribution >= 4 is 11.7 Å². The number of carbonyl (C=O) groups excluding carboxylic acids is 1. The Morgan fingerprint density at radius 2 is 1.16 bits per heavy atom. The minimum Gasteiger partial charge on any atom is -0.350 e. The Morgan fingerprint density at radius 1 is 0.674 bits per heavy atom. The molecule has 43 heavy (non-hydrogen) atoms. The van der Waals surface area contributed by atoms with Gasteiger partial charge in [0.1, 0.15) is 19.6 Å². The van der Waals surface area contributed by atoms with E-state index in [-0.39, 0.29) is 5.91 Å². The Balaban J connectivity index is 1.65. The second-order valence-electron chi connectivity index (χ2n) is 13.5. The van der Waals surface area contributed by atoms with Crippen LogP contribution >= 0.6 is 0 Å². The number of nitrogens with one attached hydrogen (secondary N) is 1. The van der Waals surface area contributed by atoms with Crippen LogP contribution in [0.15, 0.2) is 35.3 Å². The highest BCUT2D eigenvalue weighted by atomic mass is 16.1. The number of aliphatic imine (C=N–C) groups is 1. The van der Waals surface area contributed by atoms with E-state index in [0.717, 1.165) is 50.0 Å². The molecule has 0 saturated heterocycles. The van der Waals surface area contributed by atoms with Crippen molar-refractivity contribution < 1.29 is 9.28 Å². The Bertz CT molecular complexity index is 823. The number of hydrogen-bond acceptors (Lipinski definition) is 2. The van der Waals surface area contributed by atoms with Gasteiger partial charge in [-0.05, 0) is 12.8 Å². The molecule has 4 heteroatoms. The molecule has 246 valence electrons. The van der Waals surface area contributed by atoms with Gasteiger partial charge in [-0.15, -0.1) is 0 Å². The van der Waals surface area contributed by atoms with Crippen LogP contribution < -0.4 is 5.32 Å². The number of rotatable bonds is 29. The monoisotopic (exact) mass is 597 g/mol. The summed E-state index contributed by atoms with van der Waals surface area (Å²) in [6.45, 7) is 9.26. The van der Waals surface area contributed by atoms with Crippen molar-refractivity contribution in [1.82, 2.24) is 5.32 Å². The van der Waals surface area contributed by atoms with Gasteiger partial charge in [0, 0.05) is 18.4 Å². The first kappa shape index (κ1) is 37.5. The van der Waals surface area contributed by atoms with Gasteiger partial charge in [-0.3, -0.25) is 9.28 Å². The van der Waals surface area contributed by atoms with Crippen LogP contribution in [0.3, 0.4) is 0 Å². The van der Waals surface area contributed by atoms with Crippen LogP contribution in [0.4, 0.5) is 0 Å². The third-order valence-corrected chi connectivity index (χ3v) is 9.57. The molecule has 1 heterocycles. The van der Waals surface area contributed by atoms with Gasteiger partial charge in [0.25, 0.3) is 0 Å². The molecule has 0 spiro atoms. The van der Waals surface area contributed by atoms with Gasteiger partial charge in [-0.25, -0.2) is 4.99 Å². The minimum atomic E-state index is 0.233. The SMILES string of the molecule is CCCCCCCCCCCCCC(=O)NCC[N@@+]1(Cc2ccccc2)CCN=C1CCCCCCCCCCCCC. The van der Waals surface area contributed by atoms with Crippen LogP contribution in [0, 0.1) is 0 Å².